The first-order valence-electron chi connectivity index (χ1n) is 7.46. The largest absolute Gasteiger partial charge is 0.408 e. The van der Waals surface area contributed by atoms with Crippen LogP contribution in [0.5, 0.6) is 0 Å². The van der Waals surface area contributed by atoms with Gasteiger partial charge in [-0.05, 0) is 26.8 Å². The number of amides is 1. The van der Waals surface area contributed by atoms with E-state index in [0.717, 1.165) is 25.9 Å². The summed E-state index contributed by atoms with van der Waals surface area (Å²) in [7, 11) is 1.99. The minimum Gasteiger partial charge on any atom is -0.408 e. The molecule has 0 atom stereocenters. The van der Waals surface area contributed by atoms with E-state index in [0.29, 0.717) is 12.4 Å². The Balaban J connectivity index is 1.80. The van der Waals surface area contributed by atoms with Crippen LogP contribution in [0, 0.1) is 0 Å². The average Bonchev–Trinajstić information content (AvgIpc) is 2.90. The molecule has 7 nitrogen and oxygen atoms in total. The number of piperidine rings is 1. The third-order valence-electron chi connectivity index (χ3n) is 4.11. The van der Waals surface area contributed by atoms with E-state index in [1.807, 2.05) is 20.9 Å². The van der Waals surface area contributed by atoms with E-state index >= 15 is 0 Å². The number of rotatable bonds is 5. The molecule has 0 radical (unpaired) electrons. The lowest BCUT2D eigenvalue weighted by Crippen LogP contribution is -2.51. The highest BCUT2D eigenvalue weighted by molar-refractivity contribution is 5.90. The lowest BCUT2D eigenvalue weighted by molar-refractivity contribution is -0.117. The van der Waals surface area contributed by atoms with Gasteiger partial charge in [0.05, 0.1) is 6.54 Å². The van der Waals surface area contributed by atoms with E-state index in [1.54, 1.807) is 0 Å². The molecule has 1 fully saturated rings. The summed E-state index contributed by atoms with van der Waals surface area (Å²) in [6, 6.07) is 0.181. The second-order valence-corrected chi connectivity index (χ2v) is 6.24. The molecule has 7 heteroatoms. The molecular weight excluding hydrogens is 270 g/mol. The maximum absolute atomic E-state index is 12.0. The fraction of sp³-hybridized carbons (Fsp3) is 0.786. The molecule has 0 unspecified atom stereocenters. The van der Waals surface area contributed by atoms with Gasteiger partial charge in [0, 0.05) is 24.5 Å². The van der Waals surface area contributed by atoms with E-state index < -0.39 is 0 Å². The van der Waals surface area contributed by atoms with Gasteiger partial charge in [0.1, 0.15) is 0 Å². The average molecular weight is 295 g/mol. The van der Waals surface area contributed by atoms with Crippen molar-refractivity contribution in [2.45, 2.75) is 45.1 Å². The van der Waals surface area contributed by atoms with Gasteiger partial charge in [0.25, 0.3) is 0 Å². The summed E-state index contributed by atoms with van der Waals surface area (Å²) < 4.78 is 5.37. The molecule has 118 valence electrons. The molecular formula is C14H25N5O2. The molecule has 0 aliphatic carbocycles. The van der Waals surface area contributed by atoms with Gasteiger partial charge in [-0.25, -0.2) is 0 Å². The second-order valence-electron chi connectivity index (χ2n) is 6.24. The predicted molar refractivity (Wildman–Crippen MR) is 80.2 cm³/mol. The molecule has 0 spiro atoms. The first-order valence-corrected chi connectivity index (χ1v) is 7.46. The summed E-state index contributed by atoms with van der Waals surface area (Å²) in [6.45, 7) is 8.32. The van der Waals surface area contributed by atoms with Crippen molar-refractivity contribution < 1.29 is 9.21 Å². The smallest absolute Gasteiger partial charge is 0.322 e. The van der Waals surface area contributed by atoms with Crippen molar-refractivity contribution in [3.8, 4) is 0 Å². The van der Waals surface area contributed by atoms with Crippen molar-refractivity contribution in [1.82, 2.24) is 20.4 Å². The van der Waals surface area contributed by atoms with E-state index in [9.17, 15) is 4.79 Å². The van der Waals surface area contributed by atoms with Crippen molar-refractivity contribution in [3.05, 3.63) is 5.89 Å². The van der Waals surface area contributed by atoms with Crippen molar-refractivity contribution in [2.75, 3.05) is 32.0 Å². The van der Waals surface area contributed by atoms with Crippen molar-refractivity contribution in [3.63, 3.8) is 0 Å². The van der Waals surface area contributed by atoms with Gasteiger partial charge in [-0.3, -0.25) is 15.0 Å². The molecule has 2 N–H and O–H groups in total. The van der Waals surface area contributed by atoms with Crippen LogP contribution in [0.25, 0.3) is 0 Å². The van der Waals surface area contributed by atoms with E-state index in [2.05, 4.69) is 32.7 Å². The number of nitrogens with zero attached hydrogens (tertiary/aromatic N) is 3. The SMILES string of the molecule is CNC1(C)CCN(CC(=O)Nc2nnc(C(C)C)o2)CC1. The van der Waals surface area contributed by atoms with Crippen molar-refractivity contribution in [1.29, 1.82) is 0 Å². The third-order valence-corrected chi connectivity index (χ3v) is 4.11. The van der Waals surface area contributed by atoms with Crippen LogP contribution >= 0.6 is 0 Å². The highest BCUT2D eigenvalue weighted by Gasteiger charge is 2.29. The lowest BCUT2D eigenvalue weighted by atomic mass is 9.90. The molecule has 1 saturated heterocycles. The van der Waals surface area contributed by atoms with Gasteiger partial charge in [0.15, 0.2) is 0 Å². The number of anilines is 1. The Morgan fingerprint density at radius 2 is 2.05 bits per heavy atom. The summed E-state index contributed by atoms with van der Waals surface area (Å²) in [5, 5.41) is 13.7. The Bertz CT molecular complexity index is 477. The Hall–Kier alpha value is -1.47. The lowest BCUT2D eigenvalue weighted by Gasteiger charge is -2.38. The zero-order chi connectivity index (χ0) is 15.5. The number of aromatic nitrogens is 2. The van der Waals surface area contributed by atoms with Gasteiger partial charge in [0.2, 0.25) is 11.8 Å². The number of carbonyl (C=O) groups excluding carboxylic acids is 1. The van der Waals surface area contributed by atoms with Gasteiger partial charge in [-0.1, -0.05) is 18.9 Å². The second kappa shape index (κ2) is 6.53. The van der Waals surface area contributed by atoms with Crippen LogP contribution in [0.1, 0.15) is 45.4 Å². The summed E-state index contributed by atoms with van der Waals surface area (Å²) in [5.74, 6) is 0.583. The predicted octanol–water partition coefficient (Wildman–Crippen LogP) is 1.21. The third kappa shape index (κ3) is 4.25. The van der Waals surface area contributed by atoms with Crippen LogP contribution in [0.15, 0.2) is 4.42 Å². The Labute approximate surface area is 125 Å². The van der Waals surface area contributed by atoms with E-state index in [1.165, 1.54) is 0 Å². The minimum absolute atomic E-state index is 0.109. The number of likely N-dealkylation sites (tertiary alicyclic amines) is 1. The highest BCUT2D eigenvalue weighted by atomic mass is 16.4. The van der Waals surface area contributed by atoms with E-state index in [-0.39, 0.29) is 23.4 Å². The molecule has 1 aliphatic rings. The minimum atomic E-state index is -0.109. The zero-order valence-corrected chi connectivity index (χ0v) is 13.3. The normalized spacial score (nSPS) is 18.9. The Morgan fingerprint density at radius 1 is 1.38 bits per heavy atom. The van der Waals surface area contributed by atoms with Crippen molar-refractivity contribution >= 4 is 11.9 Å². The maximum atomic E-state index is 12.0. The summed E-state index contributed by atoms with van der Waals surface area (Å²) in [5.41, 5.74) is 0.186. The monoisotopic (exact) mass is 295 g/mol. The number of hydrogen-bond acceptors (Lipinski definition) is 6. The molecule has 2 heterocycles. The van der Waals surface area contributed by atoms with Crippen LogP contribution in [-0.2, 0) is 4.79 Å². The van der Waals surface area contributed by atoms with Gasteiger partial charge >= 0.3 is 6.01 Å². The molecule has 1 amide bonds. The number of carbonyl (C=O) groups is 1. The Morgan fingerprint density at radius 3 is 2.57 bits per heavy atom. The first kappa shape index (κ1) is 15.9. The highest BCUT2D eigenvalue weighted by Crippen LogP contribution is 2.21. The quantitative estimate of drug-likeness (QED) is 0.849. The standard InChI is InChI=1S/C14H25N5O2/c1-10(2)12-17-18-13(21-12)16-11(20)9-19-7-5-14(3,15-4)6-8-19/h10,15H,5-9H2,1-4H3,(H,16,18,20). The van der Waals surface area contributed by atoms with Gasteiger partial charge < -0.3 is 9.73 Å². The molecule has 1 aliphatic heterocycles. The zero-order valence-electron chi connectivity index (χ0n) is 13.3. The number of hydrogen-bond donors (Lipinski definition) is 2. The molecule has 0 aromatic carbocycles. The molecule has 2 rings (SSSR count). The van der Waals surface area contributed by atoms with Gasteiger partial charge in [-0.15, -0.1) is 5.10 Å². The fourth-order valence-electron chi connectivity index (χ4n) is 2.33. The van der Waals surface area contributed by atoms with Crippen LogP contribution < -0.4 is 10.6 Å². The van der Waals surface area contributed by atoms with Crippen LogP contribution in [0.2, 0.25) is 0 Å². The summed E-state index contributed by atoms with van der Waals surface area (Å²) in [4.78, 5) is 14.1. The topological polar surface area (TPSA) is 83.3 Å². The molecule has 1 aromatic rings. The molecule has 0 bridgehead atoms. The van der Waals surface area contributed by atoms with Crippen LogP contribution in [0.3, 0.4) is 0 Å². The molecule has 1 aromatic heterocycles. The Kier molecular flexibility index (Phi) is 4.95. The summed E-state index contributed by atoms with van der Waals surface area (Å²) >= 11 is 0. The van der Waals surface area contributed by atoms with Gasteiger partial charge in [-0.2, -0.15) is 0 Å². The summed E-state index contributed by atoms with van der Waals surface area (Å²) in [6.07, 6.45) is 2.07. The fourth-order valence-corrected chi connectivity index (χ4v) is 2.33. The van der Waals surface area contributed by atoms with Crippen LogP contribution in [-0.4, -0.2) is 53.2 Å². The van der Waals surface area contributed by atoms with Crippen molar-refractivity contribution in [2.24, 2.45) is 0 Å². The first-order chi connectivity index (χ1) is 9.92. The molecule has 0 saturated carbocycles. The molecule has 21 heavy (non-hydrogen) atoms. The number of nitrogens with one attached hydrogen (secondary N) is 2. The van der Waals surface area contributed by atoms with E-state index in [4.69, 9.17) is 4.42 Å². The maximum Gasteiger partial charge on any atom is 0.322 e. The van der Waals surface area contributed by atoms with Crippen LogP contribution in [0.4, 0.5) is 6.01 Å².